The van der Waals surface area contributed by atoms with Crippen LogP contribution in [0.25, 0.3) is 10.8 Å². The lowest BCUT2D eigenvalue weighted by molar-refractivity contribution is 0.148. The molecule has 0 radical (unpaired) electrons. The van der Waals surface area contributed by atoms with Crippen molar-refractivity contribution in [1.82, 2.24) is 15.5 Å². The molecule has 2 heterocycles. The van der Waals surface area contributed by atoms with Crippen LogP contribution < -0.4 is 5.32 Å². The Morgan fingerprint density at radius 3 is 3.26 bits per heavy atom. The van der Waals surface area contributed by atoms with Gasteiger partial charge in [0.25, 0.3) is 5.89 Å². The molecular formula is C12H11N3O3S. The number of thiophene rings is 1. The van der Waals surface area contributed by atoms with Gasteiger partial charge in [0.2, 0.25) is 0 Å². The van der Waals surface area contributed by atoms with Gasteiger partial charge in [-0.1, -0.05) is 11.2 Å². The number of alkyl carbamates (subject to hydrolysis) is 1. The minimum atomic E-state index is -0.558. The first-order chi connectivity index (χ1) is 9.29. The summed E-state index contributed by atoms with van der Waals surface area (Å²) in [5, 5.41) is 8.18. The second-order valence-corrected chi connectivity index (χ2v) is 4.38. The third-order valence-corrected chi connectivity index (χ3v) is 2.93. The van der Waals surface area contributed by atoms with Gasteiger partial charge in [0.1, 0.15) is 6.61 Å². The van der Waals surface area contributed by atoms with E-state index in [-0.39, 0.29) is 13.2 Å². The smallest absolute Gasteiger partial charge is 0.407 e. The predicted octanol–water partition coefficient (Wildman–Crippen LogP) is 2.05. The Balaban J connectivity index is 1.81. The van der Waals surface area contributed by atoms with Gasteiger partial charge in [-0.25, -0.2) is 4.79 Å². The molecule has 0 aliphatic carbocycles. The van der Waals surface area contributed by atoms with Crippen LogP contribution in [0.15, 0.2) is 22.0 Å². The highest BCUT2D eigenvalue weighted by atomic mass is 32.1. The van der Waals surface area contributed by atoms with Gasteiger partial charge in [-0.05, 0) is 11.4 Å². The number of rotatable bonds is 5. The van der Waals surface area contributed by atoms with Gasteiger partial charge in [-0.3, -0.25) is 0 Å². The predicted molar refractivity (Wildman–Crippen MR) is 69.2 cm³/mol. The molecule has 0 unspecified atom stereocenters. The van der Waals surface area contributed by atoms with Crippen molar-refractivity contribution in [2.24, 2.45) is 0 Å². The summed E-state index contributed by atoms with van der Waals surface area (Å²) in [4.78, 5) is 16.3. The molecule has 0 spiro atoms. The standard InChI is InChI=1S/C12H11N3O3S/c1-2-3-6-17-12(16)13-8-10-14-11(18-15-10)9-5-4-7-19-9/h1,4-5,7H,3,6,8H2,(H,13,16). The first-order valence-electron chi connectivity index (χ1n) is 5.50. The molecule has 1 amide bonds. The molecule has 0 atom stereocenters. The minimum absolute atomic E-state index is 0.143. The Bertz CT molecular complexity index is 571. The van der Waals surface area contributed by atoms with E-state index in [4.69, 9.17) is 15.7 Å². The fourth-order valence-corrected chi connectivity index (χ4v) is 1.88. The Morgan fingerprint density at radius 2 is 2.53 bits per heavy atom. The van der Waals surface area contributed by atoms with E-state index in [0.717, 1.165) is 4.88 Å². The number of terminal acetylenes is 1. The van der Waals surface area contributed by atoms with Crippen molar-refractivity contribution in [3.63, 3.8) is 0 Å². The first-order valence-corrected chi connectivity index (χ1v) is 6.38. The first kappa shape index (κ1) is 13.1. The van der Waals surface area contributed by atoms with Crippen LogP contribution in [0.1, 0.15) is 12.2 Å². The van der Waals surface area contributed by atoms with E-state index in [1.54, 1.807) is 0 Å². The molecule has 7 heteroatoms. The quantitative estimate of drug-likeness (QED) is 0.668. The molecule has 19 heavy (non-hydrogen) atoms. The van der Waals surface area contributed by atoms with Crippen LogP contribution in [-0.2, 0) is 11.3 Å². The lowest BCUT2D eigenvalue weighted by Gasteiger charge is -2.02. The van der Waals surface area contributed by atoms with Crippen LogP contribution in [0.3, 0.4) is 0 Å². The number of amides is 1. The van der Waals surface area contributed by atoms with Gasteiger partial charge in [0.15, 0.2) is 5.82 Å². The van der Waals surface area contributed by atoms with E-state index in [1.165, 1.54) is 11.3 Å². The summed E-state index contributed by atoms with van der Waals surface area (Å²) in [6.07, 6.45) is 4.87. The number of carbonyl (C=O) groups is 1. The summed E-state index contributed by atoms with van der Waals surface area (Å²) in [5.41, 5.74) is 0. The van der Waals surface area contributed by atoms with Crippen molar-refractivity contribution in [2.75, 3.05) is 6.61 Å². The second kappa shape index (κ2) is 6.56. The zero-order valence-corrected chi connectivity index (χ0v) is 10.8. The Labute approximate surface area is 113 Å². The van der Waals surface area contributed by atoms with Crippen molar-refractivity contribution < 1.29 is 14.1 Å². The number of hydrogen-bond donors (Lipinski definition) is 1. The summed E-state index contributed by atoms with van der Waals surface area (Å²) in [5.74, 6) is 3.20. The van der Waals surface area contributed by atoms with Crippen LogP contribution in [0.5, 0.6) is 0 Å². The molecule has 6 nitrogen and oxygen atoms in total. The number of nitrogens with one attached hydrogen (secondary N) is 1. The highest BCUT2D eigenvalue weighted by Crippen LogP contribution is 2.22. The summed E-state index contributed by atoms with van der Waals surface area (Å²) in [6.45, 7) is 0.332. The van der Waals surface area contributed by atoms with Crippen LogP contribution in [0.2, 0.25) is 0 Å². The monoisotopic (exact) mass is 277 g/mol. The molecule has 0 aliphatic heterocycles. The van der Waals surface area contributed by atoms with Gasteiger partial charge >= 0.3 is 6.09 Å². The summed E-state index contributed by atoms with van der Waals surface area (Å²) in [7, 11) is 0. The maximum Gasteiger partial charge on any atom is 0.407 e. The number of hydrogen-bond acceptors (Lipinski definition) is 6. The van der Waals surface area contributed by atoms with Crippen LogP contribution in [0.4, 0.5) is 4.79 Å². The average Bonchev–Trinajstić information content (AvgIpc) is 3.07. The van der Waals surface area contributed by atoms with Gasteiger partial charge in [0.05, 0.1) is 11.4 Å². The molecule has 0 bridgehead atoms. The second-order valence-electron chi connectivity index (χ2n) is 3.44. The van der Waals surface area contributed by atoms with Crippen molar-refractivity contribution >= 4 is 17.4 Å². The third kappa shape index (κ3) is 3.82. The molecule has 0 saturated heterocycles. The van der Waals surface area contributed by atoms with Crippen molar-refractivity contribution in [3.8, 4) is 23.1 Å². The molecule has 2 aromatic heterocycles. The zero-order valence-electron chi connectivity index (χ0n) is 9.96. The SMILES string of the molecule is C#CCCOC(=O)NCc1noc(-c2cccs2)n1. The number of ether oxygens (including phenoxy) is 1. The number of carbonyl (C=O) groups excluding carboxylic acids is 1. The van der Waals surface area contributed by atoms with E-state index in [1.807, 2.05) is 17.5 Å². The fraction of sp³-hybridized carbons (Fsp3) is 0.250. The highest BCUT2D eigenvalue weighted by Gasteiger charge is 2.10. The molecule has 0 aliphatic rings. The lowest BCUT2D eigenvalue weighted by atomic mass is 10.5. The lowest BCUT2D eigenvalue weighted by Crippen LogP contribution is -2.24. The maximum atomic E-state index is 11.2. The fourth-order valence-electron chi connectivity index (χ4n) is 1.23. The van der Waals surface area contributed by atoms with Gasteiger partial charge in [-0.15, -0.1) is 23.7 Å². The molecule has 1 N–H and O–H groups in total. The Kier molecular flexibility index (Phi) is 4.53. The molecule has 0 saturated carbocycles. The van der Waals surface area contributed by atoms with E-state index in [2.05, 4.69) is 21.4 Å². The Hall–Kier alpha value is -2.33. The maximum absolute atomic E-state index is 11.2. The van der Waals surface area contributed by atoms with Crippen molar-refractivity contribution in [2.45, 2.75) is 13.0 Å². The third-order valence-electron chi connectivity index (χ3n) is 2.07. The van der Waals surface area contributed by atoms with Crippen LogP contribution >= 0.6 is 11.3 Å². The number of aromatic nitrogens is 2. The van der Waals surface area contributed by atoms with Crippen molar-refractivity contribution in [3.05, 3.63) is 23.3 Å². The molecular weight excluding hydrogens is 266 g/mol. The van der Waals surface area contributed by atoms with E-state index in [9.17, 15) is 4.79 Å². The summed E-state index contributed by atoms with van der Waals surface area (Å²) >= 11 is 1.50. The zero-order chi connectivity index (χ0) is 13.5. The molecule has 2 rings (SSSR count). The van der Waals surface area contributed by atoms with Gasteiger partial charge in [-0.2, -0.15) is 4.98 Å². The normalized spacial score (nSPS) is 9.84. The largest absolute Gasteiger partial charge is 0.449 e. The average molecular weight is 277 g/mol. The summed E-state index contributed by atoms with van der Waals surface area (Å²) in [6, 6.07) is 3.77. The molecule has 98 valence electrons. The van der Waals surface area contributed by atoms with E-state index in [0.29, 0.717) is 18.1 Å². The van der Waals surface area contributed by atoms with E-state index < -0.39 is 6.09 Å². The van der Waals surface area contributed by atoms with Crippen LogP contribution in [0, 0.1) is 12.3 Å². The highest BCUT2D eigenvalue weighted by molar-refractivity contribution is 7.13. The topological polar surface area (TPSA) is 77.2 Å². The van der Waals surface area contributed by atoms with Crippen molar-refractivity contribution in [1.29, 1.82) is 0 Å². The number of nitrogens with zero attached hydrogens (tertiary/aromatic N) is 2. The van der Waals surface area contributed by atoms with E-state index >= 15 is 0 Å². The molecule has 0 fully saturated rings. The Morgan fingerprint density at radius 1 is 1.63 bits per heavy atom. The summed E-state index contributed by atoms with van der Waals surface area (Å²) < 4.78 is 9.88. The van der Waals surface area contributed by atoms with Gasteiger partial charge in [0, 0.05) is 6.42 Å². The van der Waals surface area contributed by atoms with Gasteiger partial charge < -0.3 is 14.6 Å². The molecule has 2 aromatic rings. The minimum Gasteiger partial charge on any atom is -0.449 e. The molecule has 0 aromatic carbocycles. The van der Waals surface area contributed by atoms with Crippen LogP contribution in [-0.4, -0.2) is 22.8 Å².